The van der Waals surface area contributed by atoms with Crippen molar-refractivity contribution in [3.8, 4) is 0 Å². The van der Waals surface area contributed by atoms with Gasteiger partial charge in [-0.2, -0.15) is 0 Å². The second-order valence-corrected chi connectivity index (χ2v) is 4.62. The van der Waals surface area contributed by atoms with Gasteiger partial charge in [0.2, 0.25) is 5.91 Å². The summed E-state index contributed by atoms with van der Waals surface area (Å²) in [5.74, 6) is 0.126. The SMILES string of the molecule is CCC(C)N(CCOC)C(=O)C(C)(C)NC. The van der Waals surface area contributed by atoms with Crippen LogP contribution in [0.15, 0.2) is 0 Å². The number of nitrogens with one attached hydrogen (secondary N) is 1. The van der Waals surface area contributed by atoms with Gasteiger partial charge in [-0.15, -0.1) is 0 Å². The number of carbonyl (C=O) groups is 1. The van der Waals surface area contributed by atoms with Crippen LogP contribution in [0.5, 0.6) is 0 Å². The molecule has 0 aliphatic carbocycles. The van der Waals surface area contributed by atoms with Gasteiger partial charge in [0.25, 0.3) is 0 Å². The topological polar surface area (TPSA) is 41.6 Å². The fraction of sp³-hybridized carbons (Fsp3) is 0.917. The molecule has 16 heavy (non-hydrogen) atoms. The van der Waals surface area contributed by atoms with Crippen molar-refractivity contribution in [2.45, 2.75) is 45.7 Å². The average Bonchev–Trinajstić information content (AvgIpc) is 2.28. The summed E-state index contributed by atoms with van der Waals surface area (Å²) < 4.78 is 5.05. The van der Waals surface area contributed by atoms with E-state index in [1.54, 1.807) is 7.11 Å². The lowest BCUT2D eigenvalue weighted by Gasteiger charge is -2.35. The van der Waals surface area contributed by atoms with E-state index in [4.69, 9.17) is 4.74 Å². The number of ether oxygens (including phenoxy) is 1. The highest BCUT2D eigenvalue weighted by Crippen LogP contribution is 2.12. The maximum absolute atomic E-state index is 12.3. The number of methoxy groups -OCH3 is 1. The lowest BCUT2D eigenvalue weighted by Crippen LogP contribution is -2.55. The van der Waals surface area contributed by atoms with Gasteiger partial charge in [0.15, 0.2) is 0 Å². The number of amides is 1. The van der Waals surface area contributed by atoms with Crippen LogP contribution in [-0.4, -0.2) is 49.7 Å². The smallest absolute Gasteiger partial charge is 0.242 e. The van der Waals surface area contributed by atoms with Crippen molar-refractivity contribution in [3.05, 3.63) is 0 Å². The second kappa shape index (κ2) is 6.86. The number of nitrogens with zero attached hydrogens (tertiary/aromatic N) is 1. The number of hydrogen-bond acceptors (Lipinski definition) is 3. The van der Waals surface area contributed by atoms with Crippen LogP contribution < -0.4 is 5.32 Å². The van der Waals surface area contributed by atoms with E-state index >= 15 is 0 Å². The van der Waals surface area contributed by atoms with Crippen molar-refractivity contribution >= 4 is 5.91 Å². The van der Waals surface area contributed by atoms with Crippen LogP contribution in [0, 0.1) is 0 Å². The molecule has 0 heterocycles. The van der Waals surface area contributed by atoms with Gasteiger partial charge >= 0.3 is 0 Å². The lowest BCUT2D eigenvalue weighted by molar-refractivity contribution is -0.139. The molecule has 0 aliphatic rings. The maximum atomic E-state index is 12.3. The second-order valence-electron chi connectivity index (χ2n) is 4.62. The van der Waals surface area contributed by atoms with Crippen LogP contribution >= 0.6 is 0 Å². The van der Waals surface area contributed by atoms with Crippen LogP contribution in [-0.2, 0) is 9.53 Å². The lowest BCUT2D eigenvalue weighted by atomic mass is 10.0. The predicted molar refractivity (Wildman–Crippen MR) is 66.5 cm³/mol. The fourth-order valence-corrected chi connectivity index (χ4v) is 1.40. The number of hydrogen-bond donors (Lipinski definition) is 1. The Morgan fingerprint density at radius 3 is 2.44 bits per heavy atom. The summed E-state index contributed by atoms with van der Waals surface area (Å²) in [7, 11) is 3.46. The molecule has 1 amide bonds. The molecule has 0 radical (unpaired) electrons. The summed E-state index contributed by atoms with van der Waals surface area (Å²) in [5.41, 5.74) is -0.517. The van der Waals surface area contributed by atoms with Crippen LogP contribution in [0.2, 0.25) is 0 Å². The van der Waals surface area contributed by atoms with Crippen molar-refractivity contribution in [3.63, 3.8) is 0 Å². The van der Waals surface area contributed by atoms with E-state index in [9.17, 15) is 4.79 Å². The van der Waals surface area contributed by atoms with E-state index < -0.39 is 5.54 Å². The third-order valence-electron chi connectivity index (χ3n) is 3.08. The minimum atomic E-state index is -0.517. The first-order valence-corrected chi connectivity index (χ1v) is 5.89. The molecule has 0 spiro atoms. The number of likely N-dealkylation sites (N-methyl/N-ethyl adjacent to an activating group) is 1. The van der Waals surface area contributed by atoms with Gasteiger partial charge in [0.1, 0.15) is 0 Å². The van der Waals surface area contributed by atoms with Gasteiger partial charge in [-0.25, -0.2) is 0 Å². The molecule has 0 rings (SSSR count). The first-order valence-electron chi connectivity index (χ1n) is 5.89. The third kappa shape index (κ3) is 4.10. The molecule has 4 nitrogen and oxygen atoms in total. The predicted octanol–water partition coefficient (Wildman–Crippen LogP) is 1.26. The summed E-state index contributed by atoms with van der Waals surface area (Å²) in [6, 6.07) is 0.246. The van der Waals surface area contributed by atoms with Gasteiger partial charge in [0, 0.05) is 19.7 Å². The highest BCUT2D eigenvalue weighted by Gasteiger charge is 2.31. The zero-order valence-corrected chi connectivity index (χ0v) is 11.5. The van der Waals surface area contributed by atoms with Crippen LogP contribution in [0.25, 0.3) is 0 Å². The summed E-state index contributed by atoms with van der Waals surface area (Å²) in [6.45, 7) is 9.18. The van der Waals surface area contributed by atoms with Crippen molar-refractivity contribution in [2.24, 2.45) is 0 Å². The zero-order valence-electron chi connectivity index (χ0n) is 11.5. The molecule has 0 aromatic heterocycles. The fourth-order valence-electron chi connectivity index (χ4n) is 1.40. The Morgan fingerprint density at radius 2 is 2.06 bits per heavy atom. The van der Waals surface area contributed by atoms with Gasteiger partial charge < -0.3 is 15.0 Å². The Balaban J connectivity index is 4.68. The van der Waals surface area contributed by atoms with Crippen LogP contribution in [0.3, 0.4) is 0 Å². The molecule has 1 atom stereocenters. The molecule has 0 saturated carbocycles. The summed E-state index contributed by atoms with van der Waals surface area (Å²) in [4.78, 5) is 14.2. The van der Waals surface area contributed by atoms with Gasteiger partial charge in [-0.05, 0) is 34.2 Å². The van der Waals surface area contributed by atoms with E-state index in [2.05, 4.69) is 19.2 Å². The Labute approximate surface area is 99.3 Å². The minimum Gasteiger partial charge on any atom is -0.383 e. The standard InChI is InChI=1S/C12H26N2O2/c1-7-10(2)14(8-9-16-6)11(15)12(3,4)13-5/h10,13H,7-9H2,1-6H3. The van der Waals surface area contributed by atoms with E-state index in [1.165, 1.54) is 0 Å². The van der Waals surface area contributed by atoms with Crippen molar-refractivity contribution < 1.29 is 9.53 Å². The normalized spacial score (nSPS) is 13.6. The first-order chi connectivity index (χ1) is 7.40. The molecule has 0 fully saturated rings. The number of rotatable bonds is 7. The van der Waals surface area contributed by atoms with E-state index in [1.807, 2.05) is 25.8 Å². The number of carbonyl (C=O) groups excluding carboxylic acids is 1. The Kier molecular flexibility index (Phi) is 6.60. The van der Waals surface area contributed by atoms with E-state index in [-0.39, 0.29) is 11.9 Å². The molecule has 1 unspecified atom stereocenters. The van der Waals surface area contributed by atoms with Crippen molar-refractivity contribution in [2.75, 3.05) is 27.3 Å². The summed E-state index contributed by atoms with van der Waals surface area (Å²) in [6.07, 6.45) is 0.954. The van der Waals surface area contributed by atoms with Gasteiger partial charge in [0.05, 0.1) is 12.1 Å². The zero-order chi connectivity index (χ0) is 12.8. The largest absolute Gasteiger partial charge is 0.383 e. The van der Waals surface area contributed by atoms with E-state index in [0.29, 0.717) is 13.2 Å². The van der Waals surface area contributed by atoms with Crippen LogP contribution in [0.1, 0.15) is 34.1 Å². The molecular weight excluding hydrogens is 204 g/mol. The minimum absolute atomic E-state index is 0.126. The summed E-state index contributed by atoms with van der Waals surface area (Å²) in [5, 5.41) is 3.04. The average molecular weight is 230 g/mol. The first kappa shape index (κ1) is 15.4. The highest BCUT2D eigenvalue weighted by molar-refractivity contribution is 5.85. The maximum Gasteiger partial charge on any atom is 0.242 e. The summed E-state index contributed by atoms with van der Waals surface area (Å²) >= 11 is 0. The molecule has 0 aromatic carbocycles. The Bertz CT molecular complexity index is 217. The molecule has 0 saturated heterocycles. The Morgan fingerprint density at radius 1 is 1.50 bits per heavy atom. The van der Waals surface area contributed by atoms with Gasteiger partial charge in [-0.1, -0.05) is 6.92 Å². The molecule has 0 bridgehead atoms. The molecule has 1 N–H and O–H groups in total. The molecular formula is C12H26N2O2. The monoisotopic (exact) mass is 230 g/mol. The molecule has 4 heteroatoms. The highest BCUT2D eigenvalue weighted by atomic mass is 16.5. The van der Waals surface area contributed by atoms with Crippen LogP contribution in [0.4, 0.5) is 0 Å². The Hall–Kier alpha value is -0.610. The van der Waals surface area contributed by atoms with E-state index in [0.717, 1.165) is 6.42 Å². The molecule has 0 aliphatic heterocycles. The van der Waals surface area contributed by atoms with Crippen molar-refractivity contribution in [1.29, 1.82) is 0 Å². The van der Waals surface area contributed by atoms with Crippen molar-refractivity contribution in [1.82, 2.24) is 10.2 Å². The quantitative estimate of drug-likeness (QED) is 0.716. The van der Waals surface area contributed by atoms with Gasteiger partial charge in [-0.3, -0.25) is 4.79 Å². The third-order valence-corrected chi connectivity index (χ3v) is 3.08. The molecule has 0 aromatic rings. The molecule has 96 valence electrons.